The normalized spacial score (nSPS) is 13.2. The van der Waals surface area contributed by atoms with Gasteiger partial charge in [0.05, 0.1) is 18.4 Å². The van der Waals surface area contributed by atoms with Gasteiger partial charge in [0.25, 0.3) is 0 Å². The van der Waals surface area contributed by atoms with E-state index >= 15 is 0 Å². The lowest BCUT2D eigenvalue weighted by atomic mass is 10.3. The Labute approximate surface area is 101 Å². The lowest BCUT2D eigenvalue weighted by molar-refractivity contribution is 0.393. The van der Waals surface area contributed by atoms with Crippen molar-refractivity contribution in [2.45, 2.75) is 19.9 Å². The minimum absolute atomic E-state index is 0.0543. The van der Waals surface area contributed by atoms with E-state index in [1.165, 1.54) is 19.7 Å². The molecule has 0 saturated carbocycles. The van der Waals surface area contributed by atoms with Crippen molar-refractivity contribution in [3.8, 4) is 5.88 Å². The van der Waals surface area contributed by atoms with E-state index in [4.69, 9.17) is 4.74 Å². The molecular weight excluding hydrogens is 242 g/mol. The molecule has 1 rings (SSSR count). The summed E-state index contributed by atoms with van der Waals surface area (Å²) in [5, 5.41) is 3.03. The van der Waals surface area contributed by atoms with Gasteiger partial charge >= 0.3 is 0 Å². The third-order valence-electron chi connectivity index (χ3n) is 2.17. The average molecular weight is 259 g/mol. The third kappa shape index (κ3) is 4.18. The Morgan fingerprint density at radius 2 is 2.12 bits per heavy atom. The molecule has 1 N–H and O–H groups in total. The topological polar surface area (TPSA) is 81.2 Å². The number of hydrogen-bond donors (Lipinski definition) is 1. The number of nitrogens with one attached hydrogen (secondary N) is 1. The maximum Gasteiger partial charge on any atom is 0.221 e. The van der Waals surface area contributed by atoms with E-state index in [-0.39, 0.29) is 11.8 Å². The zero-order valence-electron chi connectivity index (χ0n) is 10.4. The quantitative estimate of drug-likeness (QED) is 0.835. The lowest BCUT2D eigenvalue weighted by Crippen LogP contribution is -2.26. The smallest absolute Gasteiger partial charge is 0.221 e. The summed E-state index contributed by atoms with van der Waals surface area (Å²) in [4.78, 5) is 8.01. The van der Waals surface area contributed by atoms with Crippen LogP contribution < -0.4 is 10.1 Å². The highest BCUT2D eigenvalue weighted by Crippen LogP contribution is 2.20. The fourth-order valence-electron chi connectivity index (χ4n) is 1.51. The second-order valence-electron chi connectivity index (χ2n) is 3.99. The first-order valence-corrected chi connectivity index (χ1v) is 7.19. The molecule has 1 unspecified atom stereocenters. The molecular formula is C10H17N3O3S. The SMILES string of the molecule is COc1ncnc(NC(C)CS(C)(=O)=O)c1C. The van der Waals surface area contributed by atoms with E-state index < -0.39 is 9.84 Å². The highest BCUT2D eigenvalue weighted by molar-refractivity contribution is 7.90. The maximum absolute atomic E-state index is 11.1. The van der Waals surface area contributed by atoms with Crippen molar-refractivity contribution in [2.75, 3.05) is 24.4 Å². The Morgan fingerprint density at radius 3 is 2.65 bits per heavy atom. The van der Waals surface area contributed by atoms with Gasteiger partial charge in [-0.3, -0.25) is 0 Å². The van der Waals surface area contributed by atoms with E-state index in [0.717, 1.165) is 5.56 Å². The largest absolute Gasteiger partial charge is 0.481 e. The van der Waals surface area contributed by atoms with E-state index in [1.807, 2.05) is 6.92 Å². The Kier molecular flexibility index (Phi) is 4.28. The fourth-order valence-corrected chi connectivity index (χ4v) is 2.51. The standard InChI is InChI=1S/C10H17N3O3S/c1-7(5-17(4,14)15)13-9-8(2)10(16-3)12-6-11-9/h6-7H,5H2,1-4H3,(H,11,12,13). The van der Waals surface area contributed by atoms with Crippen LogP contribution in [0.15, 0.2) is 6.33 Å². The predicted octanol–water partition coefficient (Wildman–Crippen LogP) is 0.639. The van der Waals surface area contributed by atoms with Gasteiger partial charge in [-0.1, -0.05) is 0 Å². The van der Waals surface area contributed by atoms with E-state index in [0.29, 0.717) is 11.7 Å². The summed E-state index contributed by atoms with van der Waals surface area (Å²) in [5.41, 5.74) is 0.760. The Balaban J connectivity index is 2.82. The van der Waals surface area contributed by atoms with Gasteiger partial charge in [0.1, 0.15) is 22.0 Å². The van der Waals surface area contributed by atoms with Crippen LogP contribution in [0.4, 0.5) is 5.82 Å². The fraction of sp³-hybridized carbons (Fsp3) is 0.600. The van der Waals surface area contributed by atoms with Crippen LogP contribution >= 0.6 is 0 Å². The molecule has 1 aromatic heterocycles. The molecule has 0 amide bonds. The second-order valence-corrected chi connectivity index (χ2v) is 6.18. The number of hydrogen-bond acceptors (Lipinski definition) is 6. The molecule has 0 aliphatic carbocycles. The van der Waals surface area contributed by atoms with Gasteiger partial charge in [-0.15, -0.1) is 0 Å². The zero-order chi connectivity index (χ0) is 13.1. The first kappa shape index (κ1) is 13.7. The molecule has 0 aromatic carbocycles. The van der Waals surface area contributed by atoms with E-state index in [1.54, 1.807) is 6.92 Å². The molecule has 17 heavy (non-hydrogen) atoms. The summed E-state index contributed by atoms with van der Waals surface area (Å²) in [6, 6.07) is -0.219. The summed E-state index contributed by atoms with van der Waals surface area (Å²) in [7, 11) is -1.48. The van der Waals surface area contributed by atoms with Gasteiger partial charge < -0.3 is 10.1 Å². The summed E-state index contributed by atoms with van der Waals surface area (Å²) >= 11 is 0. The highest BCUT2D eigenvalue weighted by atomic mass is 32.2. The molecule has 1 heterocycles. The minimum atomic E-state index is -3.01. The van der Waals surface area contributed by atoms with Gasteiger partial charge in [0, 0.05) is 12.3 Å². The molecule has 0 aliphatic rings. The molecule has 1 atom stereocenters. The molecule has 7 heteroatoms. The zero-order valence-corrected chi connectivity index (χ0v) is 11.2. The average Bonchev–Trinajstić information content (AvgIpc) is 2.18. The first-order chi connectivity index (χ1) is 7.83. The van der Waals surface area contributed by atoms with Crippen molar-refractivity contribution in [1.29, 1.82) is 0 Å². The maximum atomic E-state index is 11.1. The van der Waals surface area contributed by atoms with Crippen molar-refractivity contribution in [1.82, 2.24) is 9.97 Å². The molecule has 0 spiro atoms. The van der Waals surface area contributed by atoms with Crippen LogP contribution in [0, 0.1) is 6.92 Å². The number of ether oxygens (including phenoxy) is 1. The summed E-state index contributed by atoms with van der Waals surface area (Å²) in [6.45, 7) is 3.60. The summed E-state index contributed by atoms with van der Waals surface area (Å²) < 4.78 is 27.3. The number of nitrogens with zero attached hydrogens (tertiary/aromatic N) is 2. The van der Waals surface area contributed by atoms with Crippen LogP contribution in [0.2, 0.25) is 0 Å². The molecule has 0 aliphatic heterocycles. The molecule has 1 aromatic rings. The van der Waals surface area contributed by atoms with Crippen molar-refractivity contribution in [3.63, 3.8) is 0 Å². The Morgan fingerprint density at radius 1 is 1.47 bits per heavy atom. The number of rotatable bonds is 5. The predicted molar refractivity (Wildman–Crippen MR) is 66.1 cm³/mol. The Bertz CT molecular complexity index is 488. The van der Waals surface area contributed by atoms with Crippen LogP contribution in [0.1, 0.15) is 12.5 Å². The summed E-state index contributed by atoms with van der Waals surface area (Å²) in [5.74, 6) is 1.13. The second kappa shape index (κ2) is 5.31. The monoisotopic (exact) mass is 259 g/mol. The van der Waals surface area contributed by atoms with Gasteiger partial charge in [-0.2, -0.15) is 0 Å². The van der Waals surface area contributed by atoms with Crippen LogP contribution in [-0.4, -0.2) is 43.5 Å². The van der Waals surface area contributed by atoms with Crippen LogP contribution in [0.25, 0.3) is 0 Å². The lowest BCUT2D eigenvalue weighted by Gasteiger charge is -2.15. The van der Waals surface area contributed by atoms with E-state index in [9.17, 15) is 8.42 Å². The first-order valence-electron chi connectivity index (χ1n) is 5.13. The van der Waals surface area contributed by atoms with Crippen LogP contribution in [0.3, 0.4) is 0 Å². The van der Waals surface area contributed by atoms with Crippen LogP contribution in [0.5, 0.6) is 5.88 Å². The number of sulfone groups is 1. The van der Waals surface area contributed by atoms with Crippen molar-refractivity contribution in [3.05, 3.63) is 11.9 Å². The number of anilines is 1. The van der Waals surface area contributed by atoms with Crippen molar-refractivity contribution >= 4 is 15.7 Å². The van der Waals surface area contributed by atoms with Gasteiger partial charge in [-0.25, -0.2) is 18.4 Å². The minimum Gasteiger partial charge on any atom is -0.481 e. The number of aromatic nitrogens is 2. The molecule has 6 nitrogen and oxygen atoms in total. The Hall–Kier alpha value is -1.37. The molecule has 0 fully saturated rings. The van der Waals surface area contributed by atoms with Gasteiger partial charge in [0.15, 0.2) is 0 Å². The van der Waals surface area contributed by atoms with Crippen LogP contribution in [-0.2, 0) is 9.84 Å². The molecule has 96 valence electrons. The van der Waals surface area contributed by atoms with Crippen molar-refractivity contribution < 1.29 is 13.2 Å². The summed E-state index contributed by atoms with van der Waals surface area (Å²) in [6.07, 6.45) is 2.58. The molecule has 0 saturated heterocycles. The van der Waals surface area contributed by atoms with E-state index in [2.05, 4.69) is 15.3 Å². The van der Waals surface area contributed by atoms with Gasteiger partial charge in [0.2, 0.25) is 5.88 Å². The molecule has 0 radical (unpaired) electrons. The van der Waals surface area contributed by atoms with Crippen molar-refractivity contribution in [2.24, 2.45) is 0 Å². The van der Waals surface area contributed by atoms with Gasteiger partial charge in [-0.05, 0) is 13.8 Å². The molecule has 0 bridgehead atoms. The highest BCUT2D eigenvalue weighted by Gasteiger charge is 2.13. The third-order valence-corrected chi connectivity index (χ3v) is 3.27. The number of methoxy groups -OCH3 is 1.